The van der Waals surface area contributed by atoms with Crippen molar-refractivity contribution in [3.8, 4) is 12.1 Å². The van der Waals surface area contributed by atoms with Crippen molar-refractivity contribution in [1.82, 2.24) is 4.98 Å². The molecule has 0 aliphatic carbocycles. The summed E-state index contributed by atoms with van der Waals surface area (Å²) in [7, 11) is 0. The van der Waals surface area contributed by atoms with Crippen molar-refractivity contribution in [2.24, 2.45) is 0 Å². The molecule has 0 saturated carbocycles. The second-order valence-corrected chi connectivity index (χ2v) is 2.13. The minimum absolute atomic E-state index is 0.151. The molecule has 0 atom stereocenters. The first-order valence-corrected chi connectivity index (χ1v) is 3.22. The molecule has 58 valence electrons. The van der Waals surface area contributed by atoms with Crippen LogP contribution in [0.2, 0.25) is 0 Å². The predicted molar refractivity (Wildman–Crippen MR) is 39.6 cm³/mol. The zero-order valence-corrected chi connectivity index (χ0v) is 6.15. The van der Waals surface area contributed by atoms with Gasteiger partial charge < -0.3 is 5.11 Å². The van der Waals surface area contributed by atoms with Gasteiger partial charge in [0.2, 0.25) is 0 Å². The highest BCUT2D eigenvalue weighted by atomic mass is 16.3. The Morgan fingerprint density at radius 2 is 1.75 bits per heavy atom. The van der Waals surface area contributed by atoms with Crippen LogP contribution in [0.4, 0.5) is 0 Å². The molecular formula is C8H5N3O. The van der Waals surface area contributed by atoms with Gasteiger partial charge in [-0.15, -0.1) is 0 Å². The quantitative estimate of drug-likeness (QED) is 0.639. The molecule has 0 aromatic carbocycles. The van der Waals surface area contributed by atoms with Gasteiger partial charge in [-0.05, 0) is 17.7 Å². The van der Waals surface area contributed by atoms with Gasteiger partial charge in [0.15, 0.2) is 0 Å². The Bertz CT molecular complexity index is 341. The Labute approximate surface area is 69.3 Å². The number of aromatic nitrogens is 1. The summed E-state index contributed by atoms with van der Waals surface area (Å²) in [6, 6.07) is 6.50. The maximum absolute atomic E-state index is 8.73. The first-order valence-electron chi connectivity index (χ1n) is 3.22. The molecule has 0 spiro atoms. The van der Waals surface area contributed by atoms with Crippen molar-refractivity contribution in [2.45, 2.75) is 6.61 Å². The zero-order valence-electron chi connectivity index (χ0n) is 6.15. The number of hydrogen-bond acceptors (Lipinski definition) is 4. The molecule has 0 aliphatic heterocycles. The lowest BCUT2D eigenvalue weighted by Gasteiger charge is -1.95. The van der Waals surface area contributed by atoms with Gasteiger partial charge in [0.25, 0.3) is 0 Å². The van der Waals surface area contributed by atoms with Gasteiger partial charge in [0.05, 0.1) is 6.61 Å². The molecule has 4 heteroatoms. The minimum Gasteiger partial charge on any atom is -0.392 e. The molecule has 1 heterocycles. The van der Waals surface area contributed by atoms with E-state index in [1.807, 2.05) is 0 Å². The normalized spacial score (nSPS) is 8.58. The van der Waals surface area contributed by atoms with E-state index in [0.29, 0.717) is 5.56 Å². The number of nitriles is 2. The van der Waals surface area contributed by atoms with Gasteiger partial charge in [-0.1, -0.05) is 0 Å². The molecule has 1 N–H and O–H groups in total. The maximum atomic E-state index is 8.73. The fraction of sp³-hybridized carbons (Fsp3) is 0.125. The molecule has 0 bridgehead atoms. The Balaban J connectivity index is 3.24. The van der Waals surface area contributed by atoms with Crippen LogP contribution in [0, 0.1) is 22.7 Å². The molecule has 4 nitrogen and oxygen atoms in total. The molecule has 0 unspecified atom stereocenters. The van der Waals surface area contributed by atoms with Gasteiger partial charge >= 0.3 is 0 Å². The van der Waals surface area contributed by atoms with E-state index >= 15 is 0 Å². The third kappa shape index (κ3) is 1.57. The van der Waals surface area contributed by atoms with Gasteiger partial charge in [-0.25, -0.2) is 4.98 Å². The smallest absolute Gasteiger partial charge is 0.142 e. The molecule has 0 aliphatic rings. The molecule has 1 aromatic rings. The molecule has 0 radical (unpaired) electrons. The summed E-state index contributed by atoms with van der Waals surface area (Å²) in [5.41, 5.74) is 0.828. The average Bonchev–Trinajstić information content (AvgIpc) is 2.16. The van der Waals surface area contributed by atoms with Gasteiger partial charge in [0, 0.05) is 0 Å². The van der Waals surface area contributed by atoms with Crippen LogP contribution in [0.1, 0.15) is 17.0 Å². The third-order valence-electron chi connectivity index (χ3n) is 1.30. The van der Waals surface area contributed by atoms with Crippen LogP contribution in [0.3, 0.4) is 0 Å². The van der Waals surface area contributed by atoms with Crippen LogP contribution in [-0.2, 0) is 6.61 Å². The fourth-order valence-electron chi connectivity index (χ4n) is 0.793. The highest BCUT2D eigenvalue weighted by Gasteiger charge is 1.99. The Hall–Kier alpha value is -1.91. The van der Waals surface area contributed by atoms with Crippen molar-refractivity contribution >= 4 is 0 Å². The molecule has 1 aromatic heterocycles. The van der Waals surface area contributed by atoms with E-state index in [9.17, 15) is 0 Å². The van der Waals surface area contributed by atoms with Crippen LogP contribution in [0.15, 0.2) is 12.1 Å². The lowest BCUT2D eigenvalue weighted by atomic mass is 10.2. The predicted octanol–water partition coefficient (Wildman–Crippen LogP) is 0.317. The highest BCUT2D eigenvalue weighted by molar-refractivity contribution is 5.33. The number of pyridine rings is 1. The summed E-state index contributed by atoms with van der Waals surface area (Å²) in [5, 5.41) is 25.7. The van der Waals surface area contributed by atoms with E-state index in [-0.39, 0.29) is 18.0 Å². The topological polar surface area (TPSA) is 80.7 Å². The Kier molecular flexibility index (Phi) is 2.37. The lowest BCUT2D eigenvalue weighted by molar-refractivity contribution is 0.281. The summed E-state index contributed by atoms with van der Waals surface area (Å²) in [6.45, 7) is -0.189. The SMILES string of the molecule is N#Cc1cc(CO)cc(C#N)n1. The van der Waals surface area contributed by atoms with Crippen LogP contribution in [-0.4, -0.2) is 10.1 Å². The summed E-state index contributed by atoms with van der Waals surface area (Å²) in [5.74, 6) is 0. The van der Waals surface area contributed by atoms with E-state index in [1.54, 1.807) is 12.1 Å². The number of rotatable bonds is 1. The van der Waals surface area contributed by atoms with E-state index < -0.39 is 0 Å². The number of aliphatic hydroxyl groups excluding tert-OH is 1. The van der Waals surface area contributed by atoms with Crippen molar-refractivity contribution in [3.63, 3.8) is 0 Å². The van der Waals surface area contributed by atoms with Crippen molar-refractivity contribution < 1.29 is 5.11 Å². The monoisotopic (exact) mass is 159 g/mol. The Morgan fingerprint density at radius 1 is 1.25 bits per heavy atom. The van der Waals surface area contributed by atoms with Gasteiger partial charge in [-0.2, -0.15) is 10.5 Å². The summed E-state index contributed by atoms with van der Waals surface area (Å²) >= 11 is 0. The second-order valence-electron chi connectivity index (χ2n) is 2.13. The maximum Gasteiger partial charge on any atom is 0.142 e. The molecule has 1 rings (SSSR count). The highest BCUT2D eigenvalue weighted by Crippen LogP contribution is 2.04. The molecule has 0 fully saturated rings. The third-order valence-corrected chi connectivity index (χ3v) is 1.30. The average molecular weight is 159 g/mol. The number of hydrogen-bond donors (Lipinski definition) is 1. The standard InChI is InChI=1S/C8H5N3O/c9-3-7-1-6(5-12)2-8(4-10)11-7/h1-2,12H,5H2. The largest absolute Gasteiger partial charge is 0.392 e. The molecule has 0 amide bonds. The first kappa shape index (κ1) is 8.19. The molecular weight excluding hydrogens is 154 g/mol. The van der Waals surface area contributed by atoms with E-state index in [0.717, 1.165) is 0 Å². The summed E-state index contributed by atoms with van der Waals surface area (Å²) < 4.78 is 0. The van der Waals surface area contributed by atoms with Crippen molar-refractivity contribution in [3.05, 3.63) is 29.1 Å². The van der Waals surface area contributed by atoms with E-state index in [2.05, 4.69) is 4.98 Å². The van der Waals surface area contributed by atoms with Crippen LogP contribution in [0.25, 0.3) is 0 Å². The molecule has 12 heavy (non-hydrogen) atoms. The summed E-state index contributed by atoms with van der Waals surface area (Å²) in [4.78, 5) is 3.68. The van der Waals surface area contributed by atoms with Crippen LogP contribution < -0.4 is 0 Å². The first-order chi connectivity index (χ1) is 5.80. The minimum atomic E-state index is -0.189. The second kappa shape index (κ2) is 3.47. The van der Waals surface area contributed by atoms with Crippen molar-refractivity contribution in [1.29, 1.82) is 10.5 Å². The van der Waals surface area contributed by atoms with E-state index in [4.69, 9.17) is 15.6 Å². The summed E-state index contributed by atoms with van der Waals surface area (Å²) in [6.07, 6.45) is 0. The van der Waals surface area contributed by atoms with Crippen LogP contribution >= 0.6 is 0 Å². The fourth-order valence-corrected chi connectivity index (χ4v) is 0.793. The number of aliphatic hydroxyl groups is 1. The van der Waals surface area contributed by atoms with Gasteiger partial charge in [-0.3, -0.25) is 0 Å². The van der Waals surface area contributed by atoms with Crippen LogP contribution in [0.5, 0.6) is 0 Å². The zero-order chi connectivity index (χ0) is 8.97. The Morgan fingerprint density at radius 3 is 2.08 bits per heavy atom. The number of nitrogens with zero attached hydrogens (tertiary/aromatic N) is 3. The molecule has 0 saturated heterocycles. The van der Waals surface area contributed by atoms with Gasteiger partial charge in [0.1, 0.15) is 23.5 Å². The lowest BCUT2D eigenvalue weighted by Crippen LogP contribution is -1.92. The van der Waals surface area contributed by atoms with E-state index in [1.165, 1.54) is 12.1 Å². The van der Waals surface area contributed by atoms with Crippen molar-refractivity contribution in [2.75, 3.05) is 0 Å².